The molecule has 156 valence electrons. The summed E-state index contributed by atoms with van der Waals surface area (Å²) in [5, 5.41) is 1.12. The summed E-state index contributed by atoms with van der Waals surface area (Å²) in [5.74, 6) is -0.245. The molecule has 2 aromatic rings. The minimum Gasteiger partial charge on any atom is -0.368 e. The maximum atomic E-state index is 12.8. The number of nitrogens with zero attached hydrogens (tertiary/aromatic N) is 2. The molecule has 1 amide bonds. The number of halogens is 2. The van der Waals surface area contributed by atoms with Crippen LogP contribution in [0.3, 0.4) is 0 Å². The van der Waals surface area contributed by atoms with Crippen molar-refractivity contribution in [3.05, 3.63) is 58.1 Å². The lowest BCUT2D eigenvalue weighted by molar-refractivity contribution is -0.132. The molecule has 0 unspecified atom stereocenters. The fraction of sp³-hybridized carbons (Fsp3) is 0.350. The second-order valence-corrected chi connectivity index (χ2v) is 9.63. The molecule has 1 saturated heterocycles. The van der Waals surface area contributed by atoms with Gasteiger partial charge in [0.25, 0.3) is 0 Å². The van der Waals surface area contributed by atoms with Crippen LogP contribution in [0.1, 0.15) is 12.5 Å². The summed E-state index contributed by atoms with van der Waals surface area (Å²) in [5.41, 5.74) is 2.18. The van der Waals surface area contributed by atoms with Crippen molar-refractivity contribution in [1.82, 2.24) is 9.62 Å². The van der Waals surface area contributed by atoms with Gasteiger partial charge in [0.15, 0.2) is 0 Å². The van der Waals surface area contributed by atoms with Gasteiger partial charge >= 0.3 is 0 Å². The van der Waals surface area contributed by atoms with E-state index in [2.05, 4.69) is 9.62 Å². The van der Waals surface area contributed by atoms with Gasteiger partial charge in [0.1, 0.15) is 0 Å². The highest BCUT2D eigenvalue weighted by atomic mass is 35.5. The fourth-order valence-corrected chi connectivity index (χ4v) is 4.82. The average molecular weight is 456 g/mol. The number of rotatable bonds is 5. The van der Waals surface area contributed by atoms with Crippen molar-refractivity contribution >= 4 is 44.8 Å². The molecule has 1 aliphatic rings. The molecule has 0 spiro atoms. The number of nitrogens with one attached hydrogen (secondary N) is 1. The monoisotopic (exact) mass is 455 g/mol. The normalized spacial score (nSPS) is 16.0. The third kappa shape index (κ3) is 5.22. The van der Waals surface area contributed by atoms with Gasteiger partial charge in [0.2, 0.25) is 15.9 Å². The Kier molecular flexibility index (Phi) is 6.73. The lowest BCUT2D eigenvalue weighted by atomic mass is 10.1. The average Bonchev–Trinajstić information content (AvgIpc) is 2.69. The van der Waals surface area contributed by atoms with Gasteiger partial charge in [0.05, 0.1) is 10.9 Å². The smallest absolute Gasteiger partial charge is 0.241 e. The zero-order valence-electron chi connectivity index (χ0n) is 16.2. The Morgan fingerprint density at radius 2 is 1.59 bits per heavy atom. The molecule has 1 heterocycles. The van der Waals surface area contributed by atoms with Gasteiger partial charge in [-0.2, -0.15) is 4.72 Å². The summed E-state index contributed by atoms with van der Waals surface area (Å²) in [7, 11) is -3.81. The number of aryl methyl sites for hydroxylation is 1. The molecule has 0 radical (unpaired) electrons. The summed E-state index contributed by atoms with van der Waals surface area (Å²) < 4.78 is 27.5. The van der Waals surface area contributed by atoms with Crippen molar-refractivity contribution in [2.45, 2.75) is 24.8 Å². The summed E-state index contributed by atoms with van der Waals surface area (Å²) >= 11 is 11.9. The number of anilines is 1. The molecule has 0 saturated carbocycles. The van der Waals surface area contributed by atoms with E-state index < -0.39 is 16.1 Å². The first-order valence-electron chi connectivity index (χ1n) is 9.25. The number of carbonyl (C=O) groups is 1. The maximum absolute atomic E-state index is 12.8. The number of piperazine rings is 1. The molecular formula is C20H23Cl2N3O3S. The quantitative estimate of drug-likeness (QED) is 0.750. The van der Waals surface area contributed by atoms with Crippen LogP contribution in [-0.2, 0) is 14.8 Å². The molecule has 2 aromatic carbocycles. The Morgan fingerprint density at radius 3 is 2.21 bits per heavy atom. The minimum absolute atomic E-state index is 0.0720. The largest absolute Gasteiger partial charge is 0.368 e. The number of carbonyl (C=O) groups excluding carboxylic acids is 1. The molecule has 0 aliphatic carbocycles. The molecule has 29 heavy (non-hydrogen) atoms. The third-order valence-electron chi connectivity index (χ3n) is 4.93. The van der Waals surface area contributed by atoms with Crippen LogP contribution < -0.4 is 9.62 Å². The molecule has 0 aromatic heterocycles. The number of amides is 1. The van der Waals surface area contributed by atoms with Crippen molar-refractivity contribution in [2.75, 3.05) is 31.1 Å². The molecule has 1 fully saturated rings. The summed E-state index contributed by atoms with van der Waals surface area (Å²) in [6, 6.07) is 10.7. The van der Waals surface area contributed by atoms with Crippen LogP contribution in [0.4, 0.5) is 5.69 Å². The van der Waals surface area contributed by atoms with Gasteiger partial charge < -0.3 is 9.80 Å². The third-order valence-corrected chi connectivity index (χ3v) is 6.97. The zero-order chi connectivity index (χ0) is 21.2. The van der Waals surface area contributed by atoms with E-state index in [-0.39, 0.29) is 10.8 Å². The summed E-state index contributed by atoms with van der Waals surface area (Å²) in [4.78, 5) is 16.7. The molecule has 9 heteroatoms. The summed E-state index contributed by atoms with van der Waals surface area (Å²) in [6.45, 7) is 5.92. The molecule has 1 atom stereocenters. The van der Waals surface area contributed by atoms with Gasteiger partial charge in [-0.05, 0) is 55.8 Å². The van der Waals surface area contributed by atoms with Crippen LogP contribution >= 0.6 is 23.2 Å². The second kappa shape index (κ2) is 8.92. The number of hydrogen-bond donors (Lipinski definition) is 1. The van der Waals surface area contributed by atoms with Crippen LogP contribution in [0, 0.1) is 6.92 Å². The van der Waals surface area contributed by atoms with Gasteiger partial charge in [-0.1, -0.05) is 29.3 Å². The molecule has 0 bridgehead atoms. The number of sulfonamides is 1. The van der Waals surface area contributed by atoms with E-state index >= 15 is 0 Å². The first-order chi connectivity index (χ1) is 13.7. The number of benzene rings is 2. The molecular weight excluding hydrogens is 433 g/mol. The Labute approximate surface area is 181 Å². The lowest BCUT2D eigenvalue weighted by Crippen LogP contribution is -2.54. The van der Waals surface area contributed by atoms with E-state index in [1.165, 1.54) is 24.3 Å². The van der Waals surface area contributed by atoms with Crippen LogP contribution in [0.2, 0.25) is 10.0 Å². The van der Waals surface area contributed by atoms with E-state index in [0.29, 0.717) is 36.2 Å². The molecule has 1 aliphatic heterocycles. The fourth-order valence-electron chi connectivity index (χ4n) is 3.33. The van der Waals surface area contributed by atoms with Crippen LogP contribution in [0.25, 0.3) is 0 Å². The topological polar surface area (TPSA) is 69.7 Å². The Balaban J connectivity index is 1.61. The first kappa shape index (κ1) is 21.9. The zero-order valence-corrected chi connectivity index (χ0v) is 18.6. The Morgan fingerprint density at radius 1 is 1.00 bits per heavy atom. The van der Waals surface area contributed by atoms with Crippen LogP contribution in [-0.4, -0.2) is 51.4 Å². The van der Waals surface area contributed by atoms with E-state index in [1.807, 2.05) is 25.1 Å². The van der Waals surface area contributed by atoms with Crippen LogP contribution in [0.15, 0.2) is 47.4 Å². The highest BCUT2D eigenvalue weighted by Crippen LogP contribution is 2.25. The van der Waals surface area contributed by atoms with Gasteiger partial charge in [-0.15, -0.1) is 0 Å². The van der Waals surface area contributed by atoms with Crippen molar-refractivity contribution in [2.24, 2.45) is 0 Å². The SMILES string of the molecule is Cc1ccc(Cl)cc1N1CCN(C(=O)[C@@H](C)NS(=O)(=O)c2ccc(Cl)cc2)CC1. The number of hydrogen-bond acceptors (Lipinski definition) is 4. The van der Waals surface area contributed by atoms with Gasteiger partial charge in [0, 0.05) is 41.9 Å². The van der Waals surface area contributed by atoms with Crippen molar-refractivity contribution < 1.29 is 13.2 Å². The first-order valence-corrected chi connectivity index (χ1v) is 11.5. The van der Waals surface area contributed by atoms with Crippen molar-refractivity contribution in [3.63, 3.8) is 0 Å². The van der Waals surface area contributed by atoms with E-state index in [4.69, 9.17) is 23.2 Å². The predicted molar refractivity (Wildman–Crippen MR) is 116 cm³/mol. The van der Waals surface area contributed by atoms with Gasteiger partial charge in [-0.3, -0.25) is 4.79 Å². The highest BCUT2D eigenvalue weighted by Gasteiger charge is 2.28. The Hall–Kier alpha value is -1.80. The lowest BCUT2D eigenvalue weighted by Gasteiger charge is -2.37. The Bertz CT molecular complexity index is 989. The standard InChI is InChI=1S/C20H23Cl2N3O3S/c1-14-3-4-17(22)13-19(14)24-9-11-25(12-10-24)20(26)15(2)23-29(27,28)18-7-5-16(21)6-8-18/h3-8,13,15,23H,9-12H2,1-2H3/t15-/m1/s1. The minimum atomic E-state index is -3.81. The molecule has 6 nitrogen and oxygen atoms in total. The molecule has 3 rings (SSSR count). The van der Waals surface area contributed by atoms with E-state index in [9.17, 15) is 13.2 Å². The van der Waals surface area contributed by atoms with E-state index in [1.54, 1.807) is 11.8 Å². The van der Waals surface area contributed by atoms with E-state index in [0.717, 1.165) is 11.3 Å². The van der Waals surface area contributed by atoms with Crippen molar-refractivity contribution in [3.8, 4) is 0 Å². The maximum Gasteiger partial charge on any atom is 0.241 e. The second-order valence-electron chi connectivity index (χ2n) is 7.04. The van der Waals surface area contributed by atoms with Crippen LogP contribution in [0.5, 0.6) is 0 Å². The highest BCUT2D eigenvalue weighted by molar-refractivity contribution is 7.89. The predicted octanol–water partition coefficient (Wildman–Crippen LogP) is 3.32. The molecule has 1 N–H and O–H groups in total. The van der Waals surface area contributed by atoms with Gasteiger partial charge in [-0.25, -0.2) is 8.42 Å². The van der Waals surface area contributed by atoms with Crippen molar-refractivity contribution in [1.29, 1.82) is 0 Å². The summed E-state index contributed by atoms with van der Waals surface area (Å²) in [6.07, 6.45) is 0.